The van der Waals surface area contributed by atoms with E-state index in [0.717, 1.165) is 0 Å². The number of carbonyl (C=O) groups is 1. The van der Waals surface area contributed by atoms with Crippen molar-refractivity contribution in [2.45, 2.75) is 6.92 Å². The Labute approximate surface area is 109 Å². The minimum absolute atomic E-state index is 0.107. The van der Waals surface area contributed by atoms with Crippen LogP contribution in [0.3, 0.4) is 0 Å². The standard InChI is InChI=1S/C14H12N2O3/c1-2-4-13(17)16-11-6-7-12(19-14(11)18)10-5-3-8-15-9-10/h2-9H,1H3,(H,16,17)/b4-2+. The van der Waals surface area contributed by atoms with E-state index in [1.165, 1.54) is 12.1 Å². The number of hydrogen-bond acceptors (Lipinski definition) is 4. The predicted octanol–water partition coefficient (Wildman–Crippen LogP) is 2.22. The molecule has 5 heteroatoms. The Morgan fingerprint density at radius 2 is 2.21 bits per heavy atom. The fourth-order valence-electron chi connectivity index (χ4n) is 1.50. The van der Waals surface area contributed by atoms with Crippen molar-refractivity contribution in [1.29, 1.82) is 0 Å². The third-order valence-electron chi connectivity index (χ3n) is 2.35. The van der Waals surface area contributed by atoms with Crippen molar-refractivity contribution in [2.24, 2.45) is 0 Å². The zero-order valence-electron chi connectivity index (χ0n) is 10.3. The van der Waals surface area contributed by atoms with Crippen LogP contribution in [0.15, 0.2) is 58.0 Å². The van der Waals surface area contributed by atoms with Crippen LogP contribution in [0.4, 0.5) is 5.69 Å². The number of anilines is 1. The Bertz CT molecular complexity index is 660. The van der Waals surface area contributed by atoms with E-state index in [1.807, 2.05) is 0 Å². The van der Waals surface area contributed by atoms with Crippen molar-refractivity contribution in [2.75, 3.05) is 5.32 Å². The molecule has 1 amide bonds. The van der Waals surface area contributed by atoms with E-state index >= 15 is 0 Å². The molecule has 0 spiro atoms. The van der Waals surface area contributed by atoms with Crippen LogP contribution < -0.4 is 10.9 Å². The summed E-state index contributed by atoms with van der Waals surface area (Å²) in [6.45, 7) is 1.72. The third-order valence-corrected chi connectivity index (χ3v) is 2.35. The molecular formula is C14H12N2O3. The lowest BCUT2D eigenvalue weighted by molar-refractivity contribution is -0.111. The summed E-state index contributed by atoms with van der Waals surface area (Å²) in [5, 5.41) is 2.44. The Morgan fingerprint density at radius 3 is 2.84 bits per heavy atom. The quantitative estimate of drug-likeness (QED) is 0.854. The van der Waals surface area contributed by atoms with Crippen LogP contribution in [0.2, 0.25) is 0 Å². The maximum absolute atomic E-state index is 11.7. The molecule has 0 fully saturated rings. The Balaban J connectivity index is 2.28. The Morgan fingerprint density at radius 1 is 1.37 bits per heavy atom. The maximum atomic E-state index is 11.7. The molecule has 2 aromatic rings. The molecule has 2 aromatic heterocycles. The van der Waals surface area contributed by atoms with Gasteiger partial charge in [-0.3, -0.25) is 9.78 Å². The van der Waals surface area contributed by atoms with Gasteiger partial charge in [0.05, 0.1) is 0 Å². The summed E-state index contributed by atoms with van der Waals surface area (Å²) < 4.78 is 5.14. The monoisotopic (exact) mass is 256 g/mol. The van der Waals surface area contributed by atoms with E-state index in [9.17, 15) is 9.59 Å². The van der Waals surface area contributed by atoms with Gasteiger partial charge in [-0.2, -0.15) is 0 Å². The van der Waals surface area contributed by atoms with Crippen LogP contribution in [0.25, 0.3) is 11.3 Å². The molecule has 2 heterocycles. The summed E-state index contributed by atoms with van der Waals surface area (Å²) in [6.07, 6.45) is 6.14. The van der Waals surface area contributed by atoms with Gasteiger partial charge in [0.15, 0.2) is 0 Å². The van der Waals surface area contributed by atoms with Crippen LogP contribution >= 0.6 is 0 Å². The molecule has 0 aliphatic carbocycles. The molecule has 0 unspecified atom stereocenters. The summed E-state index contributed by atoms with van der Waals surface area (Å²) in [4.78, 5) is 27.0. The Hall–Kier alpha value is -2.69. The third kappa shape index (κ3) is 3.16. The van der Waals surface area contributed by atoms with Gasteiger partial charge in [-0.05, 0) is 37.3 Å². The van der Waals surface area contributed by atoms with Gasteiger partial charge in [-0.15, -0.1) is 0 Å². The molecule has 0 aliphatic heterocycles. The van der Waals surface area contributed by atoms with Crippen molar-refractivity contribution in [3.8, 4) is 11.3 Å². The molecular weight excluding hydrogens is 244 g/mol. The normalized spacial score (nSPS) is 10.6. The highest BCUT2D eigenvalue weighted by molar-refractivity contribution is 5.99. The molecule has 96 valence electrons. The number of pyridine rings is 1. The van der Waals surface area contributed by atoms with Gasteiger partial charge < -0.3 is 9.73 Å². The first-order chi connectivity index (χ1) is 9.20. The highest BCUT2D eigenvalue weighted by Crippen LogP contribution is 2.17. The first-order valence-electron chi connectivity index (χ1n) is 5.69. The highest BCUT2D eigenvalue weighted by Gasteiger charge is 2.07. The highest BCUT2D eigenvalue weighted by atomic mass is 16.4. The first kappa shape index (κ1) is 12.8. The average Bonchev–Trinajstić information content (AvgIpc) is 2.42. The molecule has 0 aromatic carbocycles. The van der Waals surface area contributed by atoms with Gasteiger partial charge in [0, 0.05) is 18.0 Å². The van der Waals surface area contributed by atoms with Crippen molar-refractivity contribution in [3.63, 3.8) is 0 Å². The number of carbonyl (C=O) groups excluding carboxylic acids is 1. The average molecular weight is 256 g/mol. The minimum atomic E-state index is -0.598. The molecule has 2 rings (SSSR count). The molecule has 0 atom stereocenters. The molecule has 0 saturated heterocycles. The van der Waals surface area contributed by atoms with Gasteiger partial charge in [-0.1, -0.05) is 6.08 Å². The molecule has 0 bridgehead atoms. The van der Waals surface area contributed by atoms with Gasteiger partial charge in [-0.25, -0.2) is 4.79 Å². The zero-order chi connectivity index (χ0) is 13.7. The fourth-order valence-corrected chi connectivity index (χ4v) is 1.50. The van der Waals surface area contributed by atoms with Crippen molar-refractivity contribution >= 4 is 11.6 Å². The fraction of sp³-hybridized carbons (Fsp3) is 0.0714. The van der Waals surface area contributed by atoms with Gasteiger partial charge in [0.2, 0.25) is 5.91 Å². The number of nitrogens with one attached hydrogen (secondary N) is 1. The van der Waals surface area contributed by atoms with E-state index in [2.05, 4.69) is 10.3 Å². The summed E-state index contributed by atoms with van der Waals surface area (Å²) >= 11 is 0. The predicted molar refractivity (Wildman–Crippen MR) is 71.7 cm³/mol. The molecule has 0 aliphatic rings. The smallest absolute Gasteiger partial charge is 0.360 e. The van der Waals surface area contributed by atoms with E-state index in [0.29, 0.717) is 11.3 Å². The summed E-state index contributed by atoms with van der Waals surface area (Å²) in [6, 6.07) is 6.65. The second-order valence-electron chi connectivity index (χ2n) is 3.73. The minimum Gasteiger partial charge on any atom is -0.421 e. The molecule has 0 saturated carbocycles. The van der Waals surface area contributed by atoms with Gasteiger partial charge in [0.25, 0.3) is 0 Å². The van der Waals surface area contributed by atoms with Gasteiger partial charge >= 0.3 is 5.63 Å². The summed E-state index contributed by atoms with van der Waals surface area (Å²) in [7, 11) is 0. The summed E-state index contributed by atoms with van der Waals surface area (Å²) in [5.41, 5.74) is 0.209. The molecule has 19 heavy (non-hydrogen) atoms. The number of allylic oxidation sites excluding steroid dienone is 1. The van der Waals surface area contributed by atoms with Crippen LogP contribution in [0, 0.1) is 0 Å². The van der Waals surface area contributed by atoms with Crippen molar-refractivity contribution in [1.82, 2.24) is 4.98 Å². The maximum Gasteiger partial charge on any atom is 0.360 e. The molecule has 5 nitrogen and oxygen atoms in total. The lowest BCUT2D eigenvalue weighted by atomic mass is 10.2. The van der Waals surface area contributed by atoms with E-state index in [4.69, 9.17) is 4.42 Å². The number of aromatic nitrogens is 1. The first-order valence-corrected chi connectivity index (χ1v) is 5.69. The number of hydrogen-bond donors (Lipinski definition) is 1. The number of nitrogens with zero attached hydrogens (tertiary/aromatic N) is 1. The van der Waals surface area contributed by atoms with Crippen LogP contribution in [0.5, 0.6) is 0 Å². The molecule has 1 N–H and O–H groups in total. The Kier molecular flexibility index (Phi) is 3.87. The van der Waals surface area contributed by atoms with Crippen LogP contribution in [-0.4, -0.2) is 10.9 Å². The summed E-state index contributed by atoms with van der Waals surface area (Å²) in [5.74, 6) is 0.0334. The second-order valence-corrected chi connectivity index (χ2v) is 3.73. The number of amides is 1. The van der Waals surface area contributed by atoms with E-state index in [-0.39, 0.29) is 11.6 Å². The topological polar surface area (TPSA) is 72.2 Å². The SMILES string of the molecule is C/C=C/C(=O)Nc1ccc(-c2cccnc2)oc1=O. The lowest BCUT2D eigenvalue weighted by Crippen LogP contribution is -2.15. The van der Waals surface area contributed by atoms with Gasteiger partial charge in [0.1, 0.15) is 11.4 Å². The largest absolute Gasteiger partial charge is 0.421 e. The van der Waals surface area contributed by atoms with Crippen LogP contribution in [-0.2, 0) is 4.79 Å². The second kappa shape index (κ2) is 5.77. The molecule has 0 radical (unpaired) electrons. The van der Waals surface area contributed by atoms with Crippen LogP contribution in [0.1, 0.15) is 6.92 Å². The van der Waals surface area contributed by atoms with Crippen molar-refractivity contribution in [3.05, 3.63) is 59.2 Å². The zero-order valence-corrected chi connectivity index (χ0v) is 10.3. The number of rotatable bonds is 3. The lowest BCUT2D eigenvalue weighted by Gasteiger charge is -2.02. The van der Waals surface area contributed by atoms with E-state index < -0.39 is 5.63 Å². The van der Waals surface area contributed by atoms with E-state index in [1.54, 1.807) is 43.6 Å². The van der Waals surface area contributed by atoms with Crippen molar-refractivity contribution < 1.29 is 9.21 Å².